The van der Waals surface area contributed by atoms with Crippen LogP contribution < -0.4 is 15.5 Å². The molecule has 0 spiro atoms. The van der Waals surface area contributed by atoms with Gasteiger partial charge in [0.2, 0.25) is 5.78 Å². The molecular formula is C39H43FN12O5S. The first-order chi connectivity index (χ1) is 28.0. The lowest BCUT2D eigenvalue weighted by molar-refractivity contribution is -0.131. The number of nitrogens with zero attached hydrogens (tertiary/aromatic N) is 10. The molecule has 302 valence electrons. The average molecular weight is 811 g/mol. The average Bonchev–Trinajstić information content (AvgIpc) is 3.73. The Hall–Kier alpha value is -5.66. The number of fused-ring (bicyclic) bond motifs is 2. The second-order valence-corrected chi connectivity index (χ2v) is 17.8. The topological polar surface area (TPSA) is 193 Å². The number of rotatable bonds is 12. The second-order valence-electron chi connectivity index (χ2n) is 15.7. The Labute approximate surface area is 333 Å². The predicted molar refractivity (Wildman–Crippen MR) is 211 cm³/mol. The van der Waals surface area contributed by atoms with E-state index < -0.39 is 27.7 Å². The molecule has 1 aromatic carbocycles. The monoisotopic (exact) mass is 810 g/mol. The molecule has 19 heteroatoms. The Morgan fingerprint density at radius 3 is 2.59 bits per heavy atom. The zero-order chi connectivity index (χ0) is 40.3. The van der Waals surface area contributed by atoms with Crippen molar-refractivity contribution < 1.29 is 27.2 Å². The van der Waals surface area contributed by atoms with E-state index in [-0.39, 0.29) is 23.2 Å². The zero-order valence-electron chi connectivity index (χ0n) is 32.1. The number of carbonyl (C=O) groups is 3. The van der Waals surface area contributed by atoms with Gasteiger partial charge in [0.25, 0.3) is 15.9 Å². The number of pyridine rings is 1. The minimum Gasteiger partial charge on any atom is -0.352 e. The van der Waals surface area contributed by atoms with Crippen LogP contribution in [0.25, 0.3) is 22.3 Å². The van der Waals surface area contributed by atoms with E-state index in [1.165, 1.54) is 18.5 Å². The van der Waals surface area contributed by atoms with E-state index in [0.717, 1.165) is 26.4 Å². The van der Waals surface area contributed by atoms with E-state index in [0.29, 0.717) is 112 Å². The van der Waals surface area contributed by atoms with Crippen LogP contribution >= 0.6 is 0 Å². The Bertz CT molecular complexity index is 2540. The summed E-state index contributed by atoms with van der Waals surface area (Å²) in [5.41, 5.74) is 3.11. The molecule has 0 radical (unpaired) electrons. The van der Waals surface area contributed by atoms with Crippen molar-refractivity contribution in [1.29, 1.82) is 0 Å². The summed E-state index contributed by atoms with van der Waals surface area (Å²) < 4.78 is 43.7. The molecule has 2 atom stereocenters. The molecule has 2 saturated heterocycles. The molecule has 3 fully saturated rings. The van der Waals surface area contributed by atoms with E-state index in [1.807, 2.05) is 16.8 Å². The maximum atomic E-state index is 15.5. The third-order valence-electron chi connectivity index (χ3n) is 11.5. The molecule has 4 aromatic heterocycles. The smallest absolute Gasteiger partial charge is 0.256 e. The van der Waals surface area contributed by atoms with Gasteiger partial charge in [0.1, 0.15) is 17.5 Å². The Balaban J connectivity index is 0.853. The molecule has 0 bridgehead atoms. The fourth-order valence-corrected chi connectivity index (χ4v) is 9.58. The van der Waals surface area contributed by atoms with Crippen molar-refractivity contribution in [3.63, 3.8) is 0 Å². The fourth-order valence-electron chi connectivity index (χ4n) is 8.10. The number of ketones is 1. The first kappa shape index (κ1) is 37.9. The van der Waals surface area contributed by atoms with Gasteiger partial charge >= 0.3 is 0 Å². The lowest BCUT2D eigenvalue weighted by atomic mass is 9.97. The SMILES string of the molecule is CC(C)n1nc(N2CCN(Cc3cc4c(cc3F)C(=O)N(C3CCC(C(=O)C=O)NC3)C4)CC2)c2cnc(Nc3ccnc(-c4cnn(S(=O)(=O)C5CC5)c4)n3)cc21. The number of hydrogen-bond donors (Lipinski definition) is 2. The van der Waals surface area contributed by atoms with Crippen molar-refractivity contribution in [2.75, 3.05) is 42.9 Å². The minimum absolute atomic E-state index is 0.0606. The number of piperidine rings is 1. The van der Waals surface area contributed by atoms with Gasteiger partial charge in [-0.2, -0.15) is 14.3 Å². The summed E-state index contributed by atoms with van der Waals surface area (Å²) in [7, 11) is -3.51. The molecular weight excluding hydrogens is 768 g/mol. The number of Topliss-reactive ketones (excluding diaryl/α,β-unsaturated/α-hetero) is 1. The summed E-state index contributed by atoms with van der Waals surface area (Å²) in [5.74, 6) is 1.10. The Kier molecular flexibility index (Phi) is 9.76. The van der Waals surface area contributed by atoms with Crippen LogP contribution in [0.1, 0.15) is 67.1 Å². The van der Waals surface area contributed by atoms with Gasteiger partial charge in [-0.1, -0.05) is 0 Å². The van der Waals surface area contributed by atoms with Crippen molar-refractivity contribution in [3.05, 3.63) is 71.6 Å². The van der Waals surface area contributed by atoms with Gasteiger partial charge < -0.3 is 20.4 Å². The van der Waals surface area contributed by atoms with Crippen LogP contribution in [0.15, 0.2) is 49.1 Å². The first-order valence-electron chi connectivity index (χ1n) is 19.6. The number of nitrogens with one attached hydrogen (secondary N) is 2. The molecule has 5 aromatic rings. The minimum atomic E-state index is -3.51. The van der Waals surface area contributed by atoms with Gasteiger partial charge in [-0.05, 0) is 63.3 Å². The number of hydrogen-bond acceptors (Lipinski definition) is 14. The van der Waals surface area contributed by atoms with E-state index in [1.54, 1.807) is 23.4 Å². The van der Waals surface area contributed by atoms with Crippen LogP contribution in [0, 0.1) is 5.82 Å². The van der Waals surface area contributed by atoms with E-state index >= 15 is 4.39 Å². The normalized spacial score (nSPS) is 20.2. The highest BCUT2D eigenvalue weighted by Gasteiger charge is 2.38. The lowest BCUT2D eigenvalue weighted by Gasteiger charge is -2.35. The predicted octanol–water partition coefficient (Wildman–Crippen LogP) is 3.06. The third kappa shape index (κ3) is 7.10. The molecule has 58 heavy (non-hydrogen) atoms. The molecule has 7 heterocycles. The standard InChI is InChI=1S/C39H43FN12O5S/c1-23(2)52-33-15-36(45-35-7-8-41-37(46-35)26-16-44-51(21-26)58(56,57)28-4-5-28)43-18-30(33)38(47-52)49-11-9-48(10-12-49)19-25-13-24-20-50(39(55)29(24)14-31(25)40)27-3-6-32(42-17-27)34(54)22-53/h7-8,13-16,18,21-23,27-28,32,42H,3-6,9-12,17,19-20H2,1-2H3,(H,41,43,45,46). The quantitative estimate of drug-likeness (QED) is 0.138. The van der Waals surface area contributed by atoms with Crippen molar-refractivity contribution in [2.24, 2.45) is 0 Å². The van der Waals surface area contributed by atoms with Gasteiger partial charge in [0, 0.05) is 87.5 Å². The van der Waals surface area contributed by atoms with E-state index in [9.17, 15) is 22.8 Å². The second kappa shape index (κ2) is 14.9. The largest absolute Gasteiger partial charge is 0.352 e. The highest BCUT2D eigenvalue weighted by atomic mass is 32.2. The summed E-state index contributed by atoms with van der Waals surface area (Å²) >= 11 is 0. The Morgan fingerprint density at radius 2 is 1.86 bits per heavy atom. The maximum Gasteiger partial charge on any atom is 0.256 e. The summed E-state index contributed by atoms with van der Waals surface area (Å²) in [5, 5.41) is 15.9. The molecule has 3 aliphatic heterocycles. The van der Waals surface area contributed by atoms with Gasteiger partial charge in [-0.3, -0.25) is 24.0 Å². The molecule has 9 rings (SSSR count). The number of aldehydes is 1. The maximum absolute atomic E-state index is 15.5. The van der Waals surface area contributed by atoms with Crippen molar-refractivity contribution in [1.82, 2.24) is 49.0 Å². The lowest BCUT2D eigenvalue weighted by Crippen LogP contribution is -2.52. The highest BCUT2D eigenvalue weighted by molar-refractivity contribution is 7.90. The first-order valence-corrected chi connectivity index (χ1v) is 21.1. The number of anilines is 3. The van der Waals surface area contributed by atoms with Crippen LogP contribution in [0.3, 0.4) is 0 Å². The van der Waals surface area contributed by atoms with E-state index in [2.05, 4.69) is 49.3 Å². The van der Waals surface area contributed by atoms with E-state index in [4.69, 9.17) is 10.1 Å². The number of benzene rings is 1. The third-order valence-corrected chi connectivity index (χ3v) is 13.5. The zero-order valence-corrected chi connectivity index (χ0v) is 32.9. The number of carbonyl (C=O) groups excluding carboxylic acids is 3. The van der Waals surface area contributed by atoms with Crippen LogP contribution in [-0.2, 0) is 32.7 Å². The Morgan fingerprint density at radius 1 is 1.05 bits per heavy atom. The summed E-state index contributed by atoms with van der Waals surface area (Å²) in [6, 6.07) is 6.23. The van der Waals surface area contributed by atoms with Crippen LogP contribution in [-0.4, -0.2) is 120 Å². The fraction of sp³-hybridized carbons (Fsp3) is 0.436. The van der Waals surface area contributed by atoms with Crippen molar-refractivity contribution >= 4 is 56.4 Å². The van der Waals surface area contributed by atoms with Gasteiger partial charge in [-0.15, -0.1) is 0 Å². The summed E-state index contributed by atoms with van der Waals surface area (Å²) in [4.78, 5) is 55.8. The molecule has 2 unspecified atom stereocenters. The van der Waals surface area contributed by atoms with Crippen molar-refractivity contribution in [3.8, 4) is 11.4 Å². The summed E-state index contributed by atoms with van der Waals surface area (Å²) in [6.07, 6.45) is 8.96. The number of halogens is 1. The van der Waals surface area contributed by atoms with Gasteiger partial charge in [0.15, 0.2) is 17.9 Å². The van der Waals surface area contributed by atoms with Gasteiger partial charge in [0.05, 0.1) is 40.2 Å². The molecule has 4 aliphatic rings. The van der Waals surface area contributed by atoms with Gasteiger partial charge in [-0.25, -0.2) is 27.8 Å². The number of aromatic nitrogens is 7. The number of amides is 1. The molecule has 1 saturated carbocycles. The molecule has 1 aliphatic carbocycles. The summed E-state index contributed by atoms with van der Waals surface area (Å²) in [6.45, 7) is 8.04. The number of piperazine rings is 1. The molecule has 17 nitrogen and oxygen atoms in total. The van der Waals surface area contributed by atoms with Crippen LogP contribution in [0.5, 0.6) is 0 Å². The van der Waals surface area contributed by atoms with Crippen LogP contribution in [0.2, 0.25) is 0 Å². The van der Waals surface area contributed by atoms with Crippen LogP contribution in [0.4, 0.5) is 21.8 Å². The van der Waals surface area contributed by atoms with Crippen molar-refractivity contribution in [2.45, 2.75) is 76.0 Å². The highest BCUT2D eigenvalue weighted by Crippen LogP contribution is 2.34. The molecule has 2 N–H and O–H groups in total. The molecule has 1 amide bonds.